The van der Waals surface area contributed by atoms with Gasteiger partial charge < -0.3 is 9.64 Å². The van der Waals surface area contributed by atoms with Crippen molar-refractivity contribution in [3.63, 3.8) is 0 Å². The molecule has 0 aliphatic carbocycles. The van der Waals surface area contributed by atoms with Crippen molar-refractivity contribution in [3.8, 4) is 11.1 Å². The van der Waals surface area contributed by atoms with Gasteiger partial charge in [-0.25, -0.2) is 18.5 Å². The van der Waals surface area contributed by atoms with E-state index in [9.17, 15) is 8.42 Å². The summed E-state index contributed by atoms with van der Waals surface area (Å²) in [6, 6.07) is 10.4. The van der Waals surface area contributed by atoms with E-state index in [1.807, 2.05) is 18.2 Å². The molecule has 6 nitrogen and oxygen atoms in total. The van der Waals surface area contributed by atoms with Gasteiger partial charge in [0.05, 0.1) is 18.1 Å². The van der Waals surface area contributed by atoms with Crippen LogP contribution in [0.5, 0.6) is 0 Å². The van der Waals surface area contributed by atoms with E-state index in [4.69, 9.17) is 9.88 Å². The van der Waals surface area contributed by atoms with E-state index in [0.29, 0.717) is 13.2 Å². The van der Waals surface area contributed by atoms with Gasteiger partial charge in [0.1, 0.15) is 5.82 Å². The number of sulfonamides is 1. The molecule has 3 rings (SSSR count). The van der Waals surface area contributed by atoms with Crippen LogP contribution in [0.3, 0.4) is 0 Å². The third kappa shape index (κ3) is 3.27. The highest BCUT2D eigenvalue weighted by Gasteiger charge is 2.13. The van der Waals surface area contributed by atoms with Crippen LogP contribution in [0, 0.1) is 0 Å². The Hall–Kier alpha value is -1.96. The summed E-state index contributed by atoms with van der Waals surface area (Å²) in [4.78, 5) is 6.72. The molecule has 1 aromatic carbocycles. The number of primary sulfonamides is 1. The lowest BCUT2D eigenvalue weighted by molar-refractivity contribution is 0.122. The lowest BCUT2D eigenvalue weighted by Crippen LogP contribution is -2.36. The molecular weight excluding hydrogens is 302 g/mol. The van der Waals surface area contributed by atoms with E-state index >= 15 is 0 Å². The summed E-state index contributed by atoms with van der Waals surface area (Å²) in [6.07, 6.45) is 1.74. The Morgan fingerprint density at radius 3 is 2.50 bits per heavy atom. The molecule has 7 heteroatoms. The number of hydrogen-bond acceptors (Lipinski definition) is 5. The molecular formula is C15H17N3O3S. The van der Waals surface area contributed by atoms with Crippen LogP contribution in [0.15, 0.2) is 47.5 Å². The number of anilines is 1. The van der Waals surface area contributed by atoms with E-state index in [0.717, 1.165) is 30.0 Å². The molecule has 0 unspecified atom stereocenters. The highest BCUT2D eigenvalue weighted by Crippen LogP contribution is 2.23. The molecule has 0 bridgehead atoms. The summed E-state index contributed by atoms with van der Waals surface area (Å²) in [5.41, 5.74) is 1.62. The van der Waals surface area contributed by atoms with Crippen molar-refractivity contribution in [1.82, 2.24) is 4.98 Å². The third-order valence-electron chi connectivity index (χ3n) is 3.58. The second-order valence-electron chi connectivity index (χ2n) is 5.08. The van der Waals surface area contributed by atoms with Gasteiger partial charge in [-0.05, 0) is 29.8 Å². The first-order chi connectivity index (χ1) is 10.5. The lowest BCUT2D eigenvalue weighted by atomic mass is 10.1. The number of hydrogen-bond donors (Lipinski definition) is 1. The van der Waals surface area contributed by atoms with Gasteiger partial charge in [-0.15, -0.1) is 0 Å². The van der Waals surface area contributed by atoms with Crippen LogP contribution in [0.1, 0.15) is 0 Å². The van der Waals surface area contributed by atoms with Crippen LogP contribution in [0.2, 0.25) is 0 Å². The van der Waals surface area contributed by atoms with E-state index < -0.39 is 10.0 Å². The summed E-state index contributed by atoms with van der Waals surface area (Å²) in [6.45, 7) is 3.07. The Balaban J connectivity index is 1.86. The van der Waals surface area contributed by atoms with Crippen LogP contribution < -0.4 is 10.0 Å². The van der Waals surface area contributed by atoms with Gasteiger partial charge in [0.2, 0.25) is 10.0 Å². The van der Waals surface area contributed by atoms with Crippen LogP contribution in [-0.4, -0.2) is 39.7 Å². The average molecular weight is 319 g/mol. The molecule has 2 N–H and O–H groups in total. The SMILES string of the molecule is NS(=O)(=O)c1cccc(-c2ccc(N3CCOCC3)nc2)c1. The molecule has 0 atom stereocenters. The summed E-state index contributed by atoms with van der Waals surface area (Å²) in [7, 11) is -3.70. The van der Waals surface area contributed by atoms with Crippen molar-refractivity contribution in [2.45, 2.75) is 4.90 Å². The average Bonchev–Trinajstić information content (AvgIpc) is 2.55. The zero-order valence-electron chi connectivity index (χ0n) is 12.0. The van der Waals surface area contributed by atoms with Crippen LogP contribution in [0.25, 0.3) is 11.1 Å². The Labute approximate surface area is 129 Å². The van der Waals surface area contributed by atoms with Gasteiger partial charge in [0.25, 0.3) is 0 Å². The van der Waals surface area contributed by atoms with Crippen LogP contribution in [0.4, 0.5) is 5.82 Å². The second-order valence-corrected chi connectivity index (χ2v) is 6.64. The zero-order valence-corrected chi connectivity index (χ0v) is 12.8. The Bertz CT molecular complexity index is 754. The van der Waals surface area contributed by atoms with Gasteiger partial charge in [0.15, 0.2) is 0 Å². The molecule has 116 valence electrons. The first kappa shape index (κ1) is 15.0. The molecule has 1 saturated heterocycles. The highest BCUT2D eigenvalue weighted by atomic mass is 32.2. The summed E-state index contributed by atoms with van der Waals surface area (Å²) in [5, 5.41) is 5.16. The fourth-order valence-electron chi connectivity index (χ4n) is 2.39. The molecule has 1 aliphatic heterocycles. The Kier molecular flexibility index (Phi) is 4.10. The largest absolute Gasteiger partial charge is 0.378 e. The van der Waals surface area contributed by atoms with Gasteiger partial charge in [-0.2, -0.15) is 0 Å². The molecule has 0 saturated carbocycles. The van der Waals surface area contributed by atoms with Gasteiger partial charge in [0, 0.05) is 24.8 Å². The quantitative estimate of drug-likeness (QED) is 0.920. The number of benzene rings is 1. The maximum atomic E-state index is 11.4. The number of pyridine rings is 1. The molecule has 0 radical (unpaired) electrons. The normalized spacial score (nSPS) is 15.8. The van der Waals surface area contributed by atoms with Crippen molar-refractivity contribution in [1.29, 1.82) is 0 Å². The summed E-state index contributed by atoms with van der Waals surface area (Å²) < 4.78 is 28.2. The molecule has 0 amide bonds. The second kappa shape index (κ2) is 6.04. The molecule has 2 aromatic rings. The smallest absolute Gasteiger partial charge is 0.238 e. The van der Waals surface area contributed by atoms with E-state index in [2.05, 4.69) is 9.88 Å². The number of rotatable bonds is 3. The Morgan fingerprint density at radius 2 is 1.86 bits per heavy atom. The topological polar surface area (TPSA) is 85.5 Å². The number of nitrogens with zero attached hydrogens (tertiary/aromatic N) is 2. The maximum absolute atomic E-state index is 11.4. The Morgan fingerprint density at radius 1 is 1.09 bits per heavy atom. The van der Waals surface area contributed by atoms with Crippen molar-refractivity contribution in [2.24, 2.45) is 5.14 Å². The minimum absolute atomic E-state index is 0.0993. The fourth-order valence-corrected chi connectivity index (χ4v) is 2.95. The summed E-state index contributed by atoms with van der Waals surface area (Å²) in [5.74, 6) is 0.898. The first-order valence-corrected chi connectivity index (χ1v) is 8.51. The number of ether oxygens (including phenoxy) is 1. The van der Waals surface area contributed by atoms with Crippen molar-refractivity contribution >= 4 is 15.8 Å². The minimum Gasteiger partial charge on any atom is -0.378 e. The van der Waals surface area contributed by atoms with Crippen molar-refractivity contribution in [3.05, 3.63) is 42.6 Å². The molecule has 1 fully saturated rings. The van der Waals surface area contributed by atoms with Crippen molar-refractivity contribution < 1.29 is 13.2 Å². The predicted molar refractivity (Wildman–Crippen MR) is 84.1 cm³/mol. The molecule has 1 aromatic heterocycles. The minimum atomic E-state index is -3.70. The number of aromatic nitrogens is 1. The van der Waals surface area contributed by atoms with Crippen molar-refractivity contribution in [2.75, 3.05) is 31.2 Å². The number of nitrogens with two attached hydrogens (primary N) is 1. The monoisotopic (exact) mass is 319 g/mol. The van der Waals surface area contributed by atoms with E-state index in [1.165, 1.54) is 6.07 Å². The van der Waals surface area contributed by atoms with E-state index in [-0.39, 0.29) is 4.90 Å². The summed E-state index contributed by atoms with van der Waals surface area (Å²) >= 11 is 0. The number of morpholine rings is 1. The maximum Gasteiger partial charge on any atom is 0.238 e. The molecule has 2 heterocycles. The fraction of sp³-hybridized carbons (Fsp3) is 0.267. The van der Waals surface area contributed by atoms with Crippen LogP contribution >= 0.6 is 0 Å². The van der Waals surface area contributed by atoms with Crippen LogP contribution in [-0.2, 0) is 14.8 Å². The predicted octanol–water partition coefficient (Wildman–Crippen LogP) is 1.23. The molecule has 22 heavy (non-hydrogen) atoms. The molecule has 0 spiro atoms. The van der Waals surface area contributed by atoms with Gasteiger partial charge in [-0.3, -0.25) is 0 Å². The van der Waals surface area contributed by atoms with Gasteiger partial charge >= 0.3 is 0 Å². The molecule has 1 aliphatic rings. The zero-order chi connectivity index (χ0) is 15.6. The van der Waals surface area contributed by atoms with Gasteiger partial charge in [-0.1, -0.05) is 12.1 Å². The third-order valence-corrected chi connectivity index (χ3v) is 4.49. The van der Waals surface area contributed by atoms with E-state index in [1.54, 1.807) is 18.3 Å². The highest BCUT2D eigenvalue weighted by molar-refractivity contribution is 7.89. The first-order valence-electron chi connectivity index (χ1n) is 6.96. The lowest BCUT2D eigenvalue weighted by Gasteiger charge is -2.27. The standard InChI is InChI=1S/C15H17N3O3S/c16-22(19,20)14-3-1-2-12(10-14)13-4-5-15(17-11-13)18-6-8-21-9-7-18/h1-5,10-11H,6-9H2,(H2,16,19,20).